The van der Waals surface area contributed by atoms with Crippen LogP contribution in [0.3, 0.4) is 0 Å². The lowest BCUT2D eigenvalue weighted by Gasteiger charge is -2.44. The minimum absolute atomic E-state index is 0.102. The first-order valence-electron chi connectivity index (χ1n) is 12.3. The number of nitrogens with one attached hydrogen (secondary N) is 4. The molecule has 5 rings (SSSR count). The molecular formula is C25H32N8O2. The number of hydrogen-bond donors (Lipinski definition) is 4. The Morgan fingerprint density at radius 3 is 2.69 bits per heavy atom. The van der Waals surface area contributed by atoms with Gasteiger partial charge in [0.2, 0.25) is 5.95 Å². The SMILES string of the molecule is CC[C@@H]1C(=N)N(C=N)c2cnc(Nc3ccc(C(=O)NC4CC4)cc3OC)nc2N1C1CCCC1. The van der Waals surface area contributed by atoms with Crippen molar-refractivity contribution in [2.24, 2.45) is 0 Å². The van der Waals surface area contributed by atoms with E-state index >= 15 is 0 Å². The molecule has 10 heteroatoms. The maximum Gasteiger partial charge on any atom is 0.251 e. The number of nitrogens with zero attached hydrogens (tertiary/aromatic N) is 4. The monoisotopic (exact) mass is 476 g/mol. The van der Waals surface area contributed by atoms with E-state index in [-0.39, 0.29) is 18.0 Å². The van der Waals surface area contributed by atoms with E-state index in [1.165, 1.54) is 19.2 Å². The first kappa shape index (κ1) is 23.1. The van der Waals surface area contributed by atoms with Crippen LogP contribution in [-0.4, -0.2) is 53.3 Å². The lowest BCUT2D eigenvalue weighted by Crippen LogP contribution is -2.56. The number of ether oxygens (including phenoxy) is 1. The fourth-order valence-electron chi connectivity index (χ4n) is 5.05. The Bertz CT molecular complexity index is 1140. The molecule has 0 bridgehead atoms. The molecule has 1 aliphatic heterocycles. The Morgan fingerprint density at radius 2 is 2.03 bits per heavy atom. The second-order valence-electron chi connectivity index (χ2n) is 9.34. The highest BCUT2D eigenvalue weighted by molar-refractivity contribution is 6.16. The minimum atomic E-state index is -0.145. The number of methoxy groups -OCH3 is 1. The smallest absolute Gasteiger partial charge is 0.251 e. The zero-order valence-corrected chi connectivity index (χ0v) is 20.2. The van der Waals surface area contributed by atoms with Gasteiger partial charge in [0.1, 0.15) is 17.3 Å². The molecule has 35 heavy (non-hydrogen) atoms. The summed E-state index contributed by atoms with van der Waals surface area (Å²) in [4.78, 5) is 25.6. The summed E-state index contributed by atoms with van der Waals surface area (Å²) in [6.45, 7) is 2.07. The van der Waals surface area contributed by atoms with Crippen molar-refractivity contribution in [2.45, 2.75) is 70.0 Å². The summed E-state index contributed by atoms with van der Waals surface area (Å²) in [5, 5.41) is 22.9. The molecule has 2 fully saturated rings. The summed E-state index contributed by atoms with van der Waals surface area (Å²) in [5.41, 5.74) is 1.84. The molecule has 2 saturated carbocycles. The molecule has 184 valence electrons. The van der Waals surface area contributed by atoms with Crippen LogP contribution in [0.4, 0.5) is 23.1 Å². The maximum absolute atomic E-state index is 12.4. The average Bonchev–Trinajstić information content (AvgIpc) is 3.52. The van der Waals surface area contributed by atoms with Crippen molar-refractivity contribution in [2.75, 3.05) is 22.2 Å². The molecule has 2 heterocycles. The Morgan fingerprint density at radius 1 is 1.26 bits per heavy atom. The predicted molar refractivity (Wildman–Crippen MR) is 137 cm³/mol. The zero-order chi connectivity index (χ0) is 24.5. The molecule has 2 aromatic rings. The number of aromatic nitrogens is 2. The van der Waals surface area contributed by atoms with Crippen molar-refractivity contribution in [1.29, 1.82) is 10.8 Å². The van der Waals surface area contributed by atoms with E-state index < -0.39 is 0 Å². The van der Waals surface area contributed by atoms with E-state index in [1.807, 2.05) is 0 Å². The minimum Gasteiger partial charge on any atom is -0.495 e. The summed E-state index contributed by atoms with van der Waals surface area (Å²) in [6.07, 6.45) is 10.1. The summed E-state index contributed by atoms with van der Waals surface area (Å²) in [6, 6.07) is 5.73. The van der Waals surface area contributed by atoms with Crippen molar-refractivity contribution in [3.05, 3.63) is 30.0 Å². The second-order valence-corrected chi connectivity index (χ2v) is 9.34. The summed E-state index contributed by atoms with van der Waals surface area (Å²) in [5.74, 6) is 1.94. The number of carbonyl (C=O) groups is 1. The lowest BCUT2D eigenvalue weighted by molar-refractivity contribution is 0.0950. The molecule has 2 aliphatic carbocycles. The summed E-state index contributed by atoms with van der Waals surface area (Å²) in [7, 11) is 1.57. The van der Waals surface area contributed by atoms with E-state index in [2.05, 4.69) is 27.4 Å². The van der Waals surface area contributed by atoms with Gasteiger partial charge in [-0.05, 0) is 50.3 Å². The van der Waals surface area contributed by atoms with Crippen LogP contribution >= 0.6 is 0 Å². The van der Waals surface area contributed by atoms with Crippen LogP contribution in [0.25, 0.3) is 0 Å². The predicted octanol–water partition coefficient (Wildman–Crippen LogP) is 4.05. The quantitative estimate of drug-likeness (QED) is 0.334. The largest absolute Gasteiger partial charge is 0.495 e. The van der Waals surface area contributed by atoms with Crippen LogP contribution < -0.4 is 25.2 Å². The van der Waals surface area contributed by atoms with Crippen molar-refractivity contribution < 1.29 is 9.53 Å². The molecule has 1 amide bonds. The van der Waals surface area contributed by atoms with Gasteiger partial charge in [-0.15, -0.1) is 0 Å². The van der Waals surface area contributed by atoms with Gasteiger partial charge in [-0.3, -0.25) is 20.5 Å². The first-order chi connectivity index (χ1) is 17.0. The number of amides is 1. The third-order valence-electron chi connectivity index (χ3n) is 7.02. The van der Waals surface area contributed by atoms with Gasteiger partial charge < -0.3 is 20.3 Å². The van der Waals surface area contributed by atoms with Gasteiger partial charge in [0, 0.05) is 17.6 Å². The maximum atomic E-state index is 12.4. The molecule has 0 unspecified atom stereocenters. The second kappa shape index (κ2) is 9.52. The summed E-state index contributed by atoms with van der Waals surface area (Å²) < 4.78 is 5.55. The van der Waals surface area contributed by atoms with Gasteiger partial charge in [0.25, 0.3) is 5.91 Å². The molecule has 0 radical (unpaired) electrons. The number of anilines is 4. The highest BCUT2D eigenvalue weighted by Gasteiger charge is 2.40. The van der Waals surface area contributed by atoms with E-state index in [0.29, 0.717) is 40.5 Å². The number of fused-ring (bicyclic) bond motifs is 1. The molecule has 1 aromatic heterocycles. The van der Waals surface area contributed by atoms with E-state index in [4.69, 9.17) is 20.5 Å². The Labute approximate surface area is 205 Å². The fraction of sp³-hybridized carbons (Fsp3) is 0.480. The summed E-state index contributed by atoms with van der Waals surface area (Å²) >= 11 is 0. The third kappa shape index (κ3) is 4.40. The zero-order valence-electron chi connectivity index (χ0n) is 20.2. The topological polar surface area (TPSA) is 130 Å². The van der Waals surface area contributed by atoms with Crippen molar-refractivity contribution in [3.63, 3.8) is 0 Å². The Kier molecular flexibility index (Phi) is 6.27. The molecule has 0 spiro atoms. The highest BCUT2D eigenvalue weighted by atomic mass is 16.5. The van der Waals surface area contributed by atoms with Gasteiger partial charge >= 0.3 is 0 Å². The molecular weight excluding hydrogens is 444 g/mol. The van der Waals surface area contributed by atoms with Crippen LogP contribution in [0.2, 0.25) is 0 Å². The van der Waals surface area contributed by atoms with E-state index in [9.17, 15) is 4.79 Å². The highest BCUT2D eigenvalue weighted by Crippen LogP contribution is 2.40. The molecule has 1 atom stereocenters. The van der Waals surface area contributed by atoms with Crippen molar-refractivity contribution in [3.8, 4) is 5.75 Å². The van der Waals surface area contributed by atoms with Crippen LogP contribution in [0.5, 0.6) is 5.75 Å². The van der Waals surface area contributed by atoms with Gasteiger partial charge in [-0.25, -0.2) is 4.98 Å². The average molecular weight is 477 g/mol. The van der Waals surface area contributed by atoms with Crippen LogP contribution in [0.1, 0.15) is 62.2 Å². The number of rotatable bonds is 8. The molecule has 1 aromatic carbocycles. The lowest BCUT2D eigenvalue weighted by atomic mass is 10.0. The normalized spacial score (nSPS) is 19.9. The van der Waals surface area contributed by atoms with Crippen molar-refractivity contribution >= 4 is 41.2 Å². The van der Waals surface area contributed by atoms with Crippen LogP contribution in [-0.2, 0) is 0 Å². The van der Waals surface area contributed by atoms with Gasteiger partial charge in [-0.1, -0.05) is 19.8 Å². The van der Waals surface area contributed by atoms with Crippen LogP contribution in [0, 0.1) is 10.8 Å². The Balaban J connectivity index is 1.47. The third-order valence-corrected chi connectivity index (χ3v) is 7.02. The van der Waals surface area contributed by atoms with Gasteiger partial charge in [-0.2, -0.15) is 4.98 Å². The number of amidine groups is 1. The number of carbonyl (C=O) groups excluding carboxylic acids is 1. The Hall–Kier alpha value is -3.69. The molecule has 10 nitrogen and oxygen atoms in total. The number of benzene rings is 1. The van der Waals surface area contributed by atoms with Gasteiger partial charge in [0.05, 0.1) is 31.4 Å². The van der Waals surface area contributed by atoms with Crippen molar-refractivity contribution in [1.82, 2.24) is 15.3 Å². The van der Waals surface area contributed by atoms with Crippen LogP contribution in [0.15, 0.2) is 24.4 Å². The fourth-order valence-corrected chi connectivity index (χ4v) is 5.05. The molecule has 3 aliphatic rings. The standard InChI is InChI=1S/C25H32N8O2/c1-3-19-22(27)32(14-26)20-13-28-25(31-23(20)33(19)17-6-4-5-7-17)30-18-11-8-15(12-21(18)35-2)24(34)29-16-9-10-16/h8,11-14,16-17,19,26-27H,3-7,9-10H2,1-2H3,(H,29,34)(H,28,30,31)/t19-/m1/s1. The van der Waals surface area contributed by atoms with E-state index in [1.54, 1.807) is 36.4 Å². The van der Waals surface area contributed by atoms with E-state index in [0.717, 1.165) is 37.9 Å². The molecule has 0 saturated heterocycles. The number of hydrogen-bond acceptors (Lipinski definition) is 8. The molecule has 4 N–H and O–H groups in total. The first-order valence-corrected chi connectivity index (χ1v) is 12.3. The van der Waals surface area contributed by atoms with Gasteiger partial charge in [0.15, 0.2) is 5.82 Å².